The number of methoxy groups -OCH3 is 1. The highest BCUT2D eigenvalue weighted by Crippen LogP contribution is 2.27. The van der Waals surface area contributed by atoms with Crippen LogP contribution in [0.3, 0.4) is 0 Å². The summed E-state index contributed by atoms with van der Waals surface area (Å²) in [6.45, 7) is 0.508. The summed E-state index contributed by atoms with van der Waals surface area (Å²) in [6, 6.07) is 14.8. The van der Waals surface area contributed by atoms with Crippen molar-refractivity contribution in [2.24, 2.45) is 0 Å². The lowest BCUT2D eigenvalue weighted by Crippen LogP contribution is -2.14. The molecule has 0 bridgehead atoms. The molecule has 0 spiro atoms. The van der Waals surface area contributed by atoms with E-state index in [0.717, 1.165) is 5.56 Å². The Labute approximate surface area is 176 Å². The predicted octanol–water partition coefficient (Wildman–Crippen LogP) is 4.62. The Morgan fingerprint density at radius 3 is 2.59 bits per heavy atom. The maximum absolute atomic E-state index is 12.9. The number of nitrogens with zero attached hydrogens (tertiary/aromatic N) is 2. The molecule has 9 heteroatoms. The standard InChI is InChI=1S/C20H18ClFN4O2S/c1-28-17-7-6-15(10-16(17)21)24-19(27)12-29-20-9-8-18(25-26-20)23-11-13-2-4-14(22)5-3-13/h2-10H,11-12H2,1H3,(H,23,25)(H,24,27). The normalized spacial score (nSPS) is 10.4. The number of amides is 1. The highest BCUT2D eigenvalue weighted by atomic mass is 35.5. The Kier molecular flexibility index (Phi) is 7.26. The summed E-state index contributed by atoms with van der Waals surface area (Å²) in [5.41, 5.74) is 1.52. The van der Waals surface area contributed by atoms with Crippen LogP contribution in [0.15, 0.2) is 59.6 Å². The molecule has 29 heavy (non-hydrogen) atoms. The van der Waals surface area contributed by atoms with Crippen LogP contribution in [0.2, 0.25) is 5.02 Å². The first-order valence-electron chi connectivity index (χ1n) is 8.62. The first-order chi connectivity index (χ1) is 14.0. The zero-order valence-electron chi connectivity index (χ0n) is 15.5. The molecule has 2 N–H and O–H groups in total. The van der Waals surface area contributed by atoms with Gasteiger partial charge in [0.05, 0.1) is 17.9 Å². The van der Waals surface area contributed by atoms with E-state index in [1.165, 1.54) is 31.0 Å². The van der Waals surface area contributed by atoms with E-state index >= 15 is 0 Å². The van der Waals surface area contributed by atoms with Gasteiger partial charge < -0.3 is 15.4 Å². The highest BCUT2D eigenvalue weighted by molar-refractivity contribution is 7.99. The maximum atomic E-state index is 12.9. The predicted molar refractivity (Wildman–Crippen MR) is 113 cm³/mol. The number of anilines is 2. The van der Waals surface area contributed by atoms with E-state index in [0.29, 0.717) is 33.8 Å². The lowest BCUT2D eigenvalue weighted by atomic mass is 10.2. The van der Waals surface area contributed by atoms with Crippen LogP contribution in [0.1, 0.15) is 5.56 Å². The molecule has 0 aliphatic rings. The van der Waals surface area contributed by atoms with Crippen LogP contribution in [-0.4, -0.2) is 29.0 Å². The summed E-state index contributed by atoms with van der Waals surface area (Å²) in [5, 5.41) is 15.1. The maximum Gasteiger partial charge on any atom is 0.234 e. The molecule has 0 unspecified atom stereocenters. The molecule has 0 fully saturated rings. The van der Waals surface area contributed by atoms with Crippen molar-refractivity contribution >= 4 is 40.8 Å². The number of ether oxygens (including phenoxy) is 1. The summed E-state index contributed by atoms with van der Waals surface area (Å²) in [4.78, 5) is 12.1. The fraction of sp³-hybridized carbons (Fsp3) is 0.150. The molecule has 1 aromatic heterocycles. The summed E-state index contributed by atoms with van der Waals surface area (Å²) in [7, 11) is 1.53. The van der Waals surface area contributed by atoms with Crippen molar-refractivity contribution in [1.82, 2.24) is 10.2 Å². The van der Waals surface area contributed by atoms with Crippen molar-refractivity contribution in [3.05, 3.63) is 71.0 Å². The molecule has 6 nitrogen and oxygen atoms in total. The Bertz CT molecular complexity index is 971. The molecule has 1 amide bonds. The number of hydrogen-bond acceptors (Lipinski definition) is 6. The lowest BCUT2D eigenvalue weighted by molar-refractivity contribution is -0.113. The zero-order valence-corrected chi connectivity index (χ0v) is 17.1. The molecule has 0 saturated carbocycles. The van der Waals surface area contributed by atoms with Gasteiger partial charge in [0.1, 0.15) is 22.4 Å². The molecule has 0 aliphatic carbocycles. The van der Waals surface area contributed by atoms with Crippen LogP contribution in [0.4, 0.5) is 15.9 Å². The van der Waals surface area contributed by atoms with Crippen LogP contribution in [0, 0.1) is 5.82 Å². The second-order valence-electron chi connectivity index (χ2n) is 5.92. The van der Waals surface area contributed by atoms with Gasteiger partial charge in [0.2, 0.25) is 5.91 Å². The van der Waals surface area contributed by atoms with E-state index < -0.39 is 0 Å². The largest absolute Gasteiger partial charge is 0.495 e. The summed E-state index contributed by atoms with van der Waals surface area (Å²) in [6.07, 6.45) is 0. The third kappa shape index (κ3) is 6.33. The molecule has 1 heterocycles. The van der Waals surface area contributed by atoms with Crippen molar-refractivity contribution in [1.29, 1.82) is 0 Å². The molecule has 0 radical (unpaired) electrons. The van der Waals surface area contributed by atoms with E-state index in [4.69, 9.17) is 16.3 Å². The van der Waals surface area contributed by atoms with Gasteiger partial charge in [-0.1, -0.05) is 35.5 Å². The van der Waals surface area contributed by atoms with Gasteiger partial charge in [0.15, 0.2) is 0 Å². The van der Waals surface area contributed by atoms with Crippen molar-refractivity contribution in [3.63, 3.8) is 0 Å². The number of carbonyl (C=O) groups is 1. The number of benzene rings is 2. The molecular formula is C20H18ClFN4O2S. The fourth-order valence-corrected chi connectivity index (χ4v) is 3.24. The van der Waals surface area contributed by atoms with E-state index in [-0.39, 0.29) is 17.5 Å². The number of halogens is 2. The van der Waals surface area contributed by atoms with Crippen LogP contribution in [0.25, 0.3) is 0 Å². The Hall–Kier alpha value is -2.84. The molecule has 150 valence electrons. The number of thioether (sulfide) groups is 1. The van der Waals surface area contributed by atoms with Gasteiger partial charge in [-0.05, 0) is 48.0 Å². The van der Waals surface area contributed by atoms with Gasteiger partial charge in [-0.15, -0.1) is 10.2 Å². The molecular weight excluding hydrogens is 415 g/mol. The highest BCUT2D eigenvalue weighted by Gasteiger charge is 2.08. The summed E-state index contributed by atoms with van der Waals surface area (Å²) < 4.78 is 18.0. The molecule has 0 saturated heterocycles. The zero-order chi connectivity index (χ0) is 20.6. The minimum Gasteiger partial charge on any atom is -0.495 e. The van der Waals surface area contributed by atoms with Gasteiger partial charge in [0, 0.05) is 12.2 Å². The number of hydrogen-bond donors (Lipinski definition) is 2. The SMILES string of the molecule is COc1ccc(NC(=O)CSc2ccc(NCc3ccc(F)cc3)nn2)cc1Cl. The smallest absolute Gasteiger partial charge is 0.234 e. The molecule has 3 aromatic rings. The minimum atomic E-state index is -0.269. The molecule has 0 atom stereocenters. The van der Waals surface area contributed by atoms with E-state index in [1.807, 2.05) is 0 Å². The van der Waals surface area contributed by atoms with E-state index in [9.17, 15) is 9.18 Å². The average Bonchev–Trinajstić information content (AvgIpc) is 2.73. The topological polar surface area (TPSA) is 76.1 Å². The Morgan fingerprint density at radius 2 is 1.93 bits per heavy atom. The van der Waals surface area contributed by atoms with Crippen LogP contribution in [-0.2, 0) is 11.3 Å². The van der Waals surface area contributed by atoms with Crippen LogP contribution in [0.5, 0.6) is 5.75 Å². The second kappa shape index (κ2) is 10.1. The Balaban J connectivity index is 1.46. The van der Waals surface area contributed by atoms with Gasteiger partial charge in [0.25, 0.3) is 0 Å². The van der Waals surface area contributed by atoms with Crippen LogP contribution < -0.4 is 15.4 Å². The number of carbonyl (C=O) groups excluding carboxylic acids is 1. The number of aromatic nitrogens is 2. The second-order valence-corrected chi connectivity index (χ2v) is 7.33. The van der Waals surface area contributed by atoms with E-state index in [1.54, 1.807) is 42.5 Å². The fourth-order valence-electron chi connectivity index (χ4n) is 2.37. The first-order valence-corrected chi connectivity index (χ1v) is 9.98. The van der Waals surface area contributed by atoms with Gasteiger partial charge in [-0.3, -0.25) is 4.79 Å². The van der Waals surface area contributed by atoms with Crippen molar-refractivity contribution in [2.75, 3.05) is 23.5 Å². The third-order valence-corrected chi connectivity index (χ3v) is 5.03. The lowest BCUT2D eigenvalue weighted by Gasteiger charge is -2.08. The number of rotatable bonds is 8. The summed E-state index contributed by atoms with van der Waals surface area (Å²) >= 11 is 7.32. The molecule has 0 aliphatic heterocycles. The van der Waals surface area contributed by atoms with Crippen molar-refractivity contribution < 1.29 is 13.9 Å². The Morgan fingerprint density at radius 1 is 1.14 bits per heavy atom. The monoisotopic (exact) mass is 432 g/mol. The molecule has 3 rings (SSSR count). The number of nitrogens with one attached hydrogen (secondary N) is 2. The quantitative estimate of drug-likeness (QED) is 0.506. The van der Waals surface area contributed by atoms with Crippen LogP contribution >= 0.6 is 23.4 Å². The first kappa shape index (κ1) is 20.9. The van der Waals surface area contributed by atoms with Gasteiger partial charge in [-0.25, -0.2) is 4.39 Å². The minimum absolute atomic E-state index is 0.181. The third-order valence-electron chi connectivity index (χ3n) is 3.81. The van der Waals surface area contributed by atoms with Gasteiger partial charge >= 0.3 is 0 Å². The summed E-state index contributed by atoms with van der Waals surface area (Å²) in [5.74, 6) is 0.866. The van der Waals surface area contributed by atoms with Crippen molar-refractivity contribution in [2.45, 2.75) is 11.6 Å². The molecule has 2 aromatic carbocycles. The van der Waals surface area contributed by atoms with Gasteiger partial charge in [-0.2, -0.15) is 0 Å². The van der Waals surface area contributed by atoms with E-state index in [2.05, 4.69) is 20.8 Å². The average molecular weight is 433 g/mol. The van der Waals surface area contributed by atoms with Crippen molar-refractivity contribution in [3.8, 4) is 5.75 Å².